The maximum atomic E-state index is 9.24. The second-order valence-electron chi connectivity index (χ2n) is 6.71. The topological polar surface area (TPSA) is 80.0 Å². The van der Waals surface area contributed by atoms with Gasteiger partial charge >= 0.3 is 0 Å². The summed E-state index contributed by atoms with van der Waals surface area (Å²) < 4.78 is 1.63. The van der Waals surface area contributed by atoms with Gasteiger partial charge in [0.05, 0.1) is 11.8 Å². The summed E-state index contributed by atoms with van der Waals surface area (Å²) in [6, 6.07) is 11.7. The average molecular weight is 429 g/mol. The molecule has 1 unspecified atom stereocenters. The number of anilines is 1. The van der Waals surface area contributed by atoms with Crippen LogP contribution in [0.25, 0.3) is 5.65 Å². The van der Waals surface area contributed by atoms with Gasteiger partial charge in [0, 0.05) is 23.3 Å². The minimum absolute atomic E-state index is 0.107. The summed E-state index contributed by atoms with van der Waals surface area (Å²) in [5.41, 5.74) is 9.53. The summed E-state index contributed by atoms with van der Waals surface area (Å²) >= 11 is 0. The van der Waals surface area contributed by atoms with Crippen molar-refractivity contribution in [1.82, 2.24) is 14.6 Å². The zero-order chi connectivity index (χ0) is 23.9. The molecule has 0 bridgehead atoms. The molecule has 0 amide bonds. The first kappa shape index (κ1) is 26.8. The van der Waals surface area contributed by atoms with Crippen molar-refractivity contribution in [3.8, 4) is 17.8 Å². The van der Waals surface area contributed by atoms with Gasteiger partial charge in [0.2, 0.25) is 0 Å². The summed E-state index contributed by atoms with van der Waals surface area (Å²) in [6.45, 7) is 12.1. The van der Waals surface area contributed by atoms with Gasteiger partial charge in [-0.2, -0.15) is 9.61 Å². The average Bonchev–Trinajstić information content (AvgIpc) is 3.30. The highest BCUT2D eigenvalue weighted by atomic mass is 15.3. The standard InChI is InChI=1S/C20H18BN5.3C2H6/c22-14-21-10-4-7-16(12-21)18-11-19(23)26-20(25-18)17(13-24-26)9-8-15-5-2-1-3-6-15;3*1-2/h1-3,5-6,11,13,16H,4,7,10,12,23H2;3*1-2H3. The molecule has 5 nitrogen and oxygen atoms in total. The van der Waals surface area contributed by atoms with Crippen LogP contribution in [-0.4, -0.2) is 21.3 Å². The number of hydrogen-bond donors (Lipinski definition) is 1. The van der Waals surface area contributed by atoms with E-state index in [2.05, 4.69) is 22.9 Å². The monoisotopic (exact) mass is 429 g/mol. The molecule has 32 heavy (non-hydrogen) atoms. The van der Waals surface area contributed by atoms with Crippen LogP contribution in [0.3, 0.4) is 0 Å². The van der Waals surface area contributed by atoms with Gasteiger partial charge in [-0.15, -0.1) is 0 Å². The molecule has 0 saturated carbocycles. The number of aromatic nitrogens is 3. The molecular formula is C26H36BN5. The molecule has 0 aliphatic carbocycles. The number of nitrogen functional groups attached to an aromatic ring is 1. The third-order valence-corrected chi connectivity index (χ3v) is 4.91. The lowest BCUT2D eigenvalue weighted by atomic mass is 9.41. The second-order valence-corrected chi connectivity index (χ2v) is 6.71. The quantitative estimate of drug-likeness (QED) is 0.368. The molecule has 2 N–H and O–H groups in total. The third-order valence-electron chi connectivity index (χ3n) is 4.91. The van der Waals surface area contributed by atoms with Gasteiger partial charge in [0.1, 0.15) is 5.82 Å². The van der Waals surface area contributed by atoms with Crippen LogP contribution in [0.2, 0.25) is 12.6 Å². The van der Waals surface area contributed by atoms with Crippen LogP contribution in [0.5, 0.6) is 0 Å². The Morgan fingerprint density at radius 1 is 1.06 bits per heavy atom. The van der Waals surface area contributed by atoms with Crippen LogP contribution in [0.1, 0.15) is 77.1 Å². The Bertz CT molecular complexity index is 1040. The Morgan fingerprint density at radius 3 is 2.41 bits per heavy atom. The number of nitrogens with zero attached hydrogens (tertiary/aromatic N) is 4. The zero-order valence-electron chi connectivity index (χ0n) is 20.4. The molecule has 3 heterocycles. The Morgan fingerprint density at radius 2 is 1.75 bits per heavy atom. The van der Waals surface area contributed by atoms with E-state index in [1.807, 2.05) is 77.9 Å². The van der Waals surface area contributed by atoms with E-state index >= 15 is 0 Å². The number of rotatable bonds is 1. The highest BCUT2D eigenvalue weighted by Gasteiger charge is 2.28. The first-order chi connectivity index (χ1) is 15.7. The van der Waals surface area contributed by atoms with Crippen molar-refractivity contribution in [3.05, 3.63) is 59.4 Å². The van der Waals surface area contributed by atoms with Gasteiger partial charge in [-0.25, -0.2) is 10.2 Å². The lowest BCUT2D eigenvalue weighted by Crippen LogP contribution is -2.21. The van der Waals surface area contributed by atoms with E-state index in [9.17, 15) is 5.26 Å². The zero-order valence-corrected chi connectivity index (χ0v) is 20.4. The van der Waals surface area contributed by atoms with Crippen LogP contribution >= 0.6 is 0 Å². The molecule has 4 rings (SSSR count). The molecule has 1 aliphatic rings. The van der Waals surface area contributed by atoms with Gasteiger partial charge in [0.15, 0.2) is 5.65 Å². The maximum absolute atomic E-state index is 9.24. The predicted octanol–water partition coefficient (Wildman–Crippen LogP) is 6.22. The molecule has 2 aromatic heterocycles. The van der Waals surface area contributed by atoms with Crippen molar-refractivity contribution >= 4 is 18.2 Å². The molecular weight excluding hydrogens is 393 g/mol. The van der Waals surface area contributed by atoms with Crippen molar-refractivity contribution in [2.24, 2.45) is 0 Å². The SMILES string of the molecule is CC.CC.CC.N#CB1CCCC(c2cc(N)n3ncc(C#Cc4ccccc4)c3n2)C1. The number of nitrogens with two attached hydrogens (primary N) is 1. The normalized spacial score (nSPS) is 14.2. The lowest BCUT2D eigenvalue weighted by molar-refractivity contribution is 0.614. The summed E-state index contributed by atoms with van der Waals surface area (Å²) in [6.07, 6.45) is 5.62. The van der Waals surface area contributed by atoms with E-state index < -0.39 is 0 Å². The van der Waals surface area contributed by atoms with Crippen LogP contribution in [-0.2, 0) is 0 Å². The number of nitriles is 1. The molecule has 6 heteroatoms. The Labute approximate surface area is 194 Å². The summed E-state index contributed by atoms with van der Waals surface area (Å²) in [7, 11) is 0. The van der Waals surface area contributed by atoms with E-state index in [0.717, 1.165) is 42.3 Å². The smallest absolute Gasteiger partial charge is 0.268 e. The van der Waals surface area contributed by atoms with E-state index in [1.54, 1.807) is 10.7 Å². The molecule has 1 aliphatic heterocycles. The van der Waals surface area contributed by atoms with Gasteiger partial charge in [-0.3, -0.25) is 0 Å². The molecule has 1 saturated heterocycles. The summed E-state index contributed by atoms with van der Waals surface area (Å²) in [4.78, 5) is 4.81. The molecule has 0 radical (unpaired) electrons. The van der Waals surface area contributed by atoms with Crippen molar-refractivity contribution in [2.75, 3.05) is 5.73 Å². The summed E-state index contributed by atoms with van der Waals surface area (Å²) in [5, 5.41) is 13.6. The maximum Gasteiger partial charge on any atom is 0.268 e. The molecule has 0 spiro atoms. The third kappa shape index (κ3) is 6.89. The molecule has 3 aromatic rings. The minimum Gasteiger partial charge on any atom is -0.384 e. The highest BCUT2D eigenvalue weighted by Crippen LogP contribution is 2.33. The van der Waals surface area contributed by atoms with Crippen LogP contribution in [0, 0.1) is 23.1 Å². The number of benzene rings is 1. The van der Waals surface area contributed by atoms with E-state index in [-0.39, 0.29) is 12.6 Å². The van der Waals surface area contributed by atoms with Crippen molar-refractivity contribution < 1.29 is 0 Å². The minimum atomic E-state index is 0.107. The second kappa shape index (κ2) is 14.7. The highest BCUT2D eigenvalue weighted by molar-refractivity contribution is 6.67. The van der Waals surface area contributed by atoms with Crippen LogP contribution in [0.4, 0.5) is 5.82 Å². The van der Waals surface area contributed by atoms with Crippen molar-refractivity contribution in [3.63, 3.8) is 0 Å². The lowest BCUT2D eigenvalue weighted by Gasteiger charge is -2.23. The number of hydrogen-bond acceptors (Lipinski definition) is 4. The summed E-state index contributed by atoms with van der Waals surface area (Å²) in [5.74, 6) is 9.53. The van der Waals surface area contributed by atoms with Crippen LogP contribution < -0.4 is 5.73 Å². The van der Waals surface area contributed by atoms with E-state index in [1.165, 1.54) is 0 Å². The number of fused-ring (bicyclic) bond motifs is 1. The fraction of sp³-hybridized carbons (Fsp3) is 0.423. The van der Waals surface area contributed by atoms with E-state index in [0.29, 0.717) is 11.5 Å². The van der Waals surface area contributed by atoms with Gasteiger partial charge in [0.25, 0.3) is 6.71 Å². The Kier molecular flexibility index (Phi) is 12.3. The molecule has 168 valence electrons. The first-order valence-corrected chi connectivity index (χ1v) is 11.9. The fourth-order valence-corrected chi connectivity index (χ4v) is 3.54. The molecule has 1 fully saturated rings. The molecule has 1 atom stereocenters. The van der Waals surface area contributed by atoms with Gasteiger partial charge < -0.3 is 5.73 Å². The predicted molar refractivity (Wildman–Crippen MR) is 137 cm³/mol. The Balaban J connectivity index is 0.000000789. The van der Waals surface area contributed by atoms with E-state index in [4.69, 9.17) is 10.7 Å². The fourth-order valence-electron chi connectivity index (χ4n) is 3.54. The van der Waals surface area contributed by atoms with Crippen LogP contribution in [0.15, 0.2) is 42.6 Å². The molecule has 1 aromatic carbocycles. The van der Waals surface area contributed by atoms with Crippen molar-refractivity contribution in [1.29, 1.82) is 5.26 Å². The first-order valence-electron chi connectivity index (χ1n) is 11.9. The van der Waals surface area contributed by atoms with Crippen molar-refractivity contribution in [2.45, 2.75) is 72.9 Å². The largest absolute Gasteiger partial charge is 0.384 e. The van der Waals surface area contributed by atoms with Gasteiger partial charge in [-0.05, 0) is 24.5 Å². The van der Waals surface area contributed by atoms with Gasteiger partial charge in [-0.1, -0.05) is 90.6 Å². The Hall–Kier alpha value is -3.25.